The van der Waals surface area contributed by atoms with Gasteiger partial charge in [0.25, 0.3) is 11.5 Å². The fourth-order valence-corrected chi connectivity index (χ4v) is 6.12. The van der Waals surface area contributed by atoms with Crippen molar-refractivity contribution in [1.82, 2.24) is 4.57 Å². The Morgan fingerprint density at radius 2 is 1.85 bits per heavy atom. The topological polar surface area (TPSA) is 99.0 Å². The molecule has 0 radical (unpaired) electrons. The summed E-state index contributed by atoms with van der Waals surface area (Å²) in [7, 11) is 0. The number of aromatic nitrogens is 1. The maximum absolute atomic E-state index is 13.8. The molecule has 1 N–H and O–H groups in total. The van der Waals surface area contributed by atoms with Gasteiger partial charge in [0.15, 0.2) is 11.4 Å². The van der Waals surface area contributed by atoms with Crippen LogP contribution in [-0.4, -0.2) is 29.7 Å². The SMILES string of the molecule is CCOC(=O)COc1ccccc1/C=c1\sc2n(c1=O)[C@H](c1cccs1)C(C(=O)Nc1ccccc1)=C(C)N=2. The van der Waals surface area contributed by atoms with Gasteiger partial charge in [-0.05, 0) is 49.6 Å². The molecule has 2 aromatic carbocycles. The highest BCUT2D eigenvalue weighted by Gasteiger charge is 2.33. The first-order chi connectivity index (χ1) is 19.0. The number of anilines is 1. The van der Waals surface area contributed by atoms with Crippen molar-refractivity contribution in [3.8, 4) is 5.75 Å². The minimum absolute atomic E-state index is 0.239. The van der Waals surface area contributed by atoms with Gasteiger partial charge in [-0.3, -0.25) is 14.2 Å². The number of hydrogen-bond donors (Lipinski definition) is 1. The Bertz CT molecular complexity index is 1720. The lowest BCUT2D eigenvalue weighted by Gasteiger charge is -2.24. The van der Waals surface area contributed by atoms with E-state index in [0.717, 1.165) is 4.88 Å². The predicted molar refractivity (Wildman–Crippen MR) is 152 cm³/mol. The quantitative estimate of drug-likeness (QED) is 0.331. The molecule has 0 spiro atoms. The predicted octanol–water partition coefficient (Wildman–Crippen LogP) is 3.88. The van der Waals surface area contributed by atoms with E-state index < -0.39 is 12.0 Å². The van der Waals surface area contributed by atoms with Gasteiger partial charge >= 0.3 is 5.97 Å². The van der Waals surface area contributed by atoms with Crippen molar-refractivity contribution >= 4 is 46.3 Å². The first kappa shape index (κ1) is 26.3. The zero-order valence-corrected chi connectivity index (χ0v) is 22.9. The molecule has 5 rings (SSSR count). The maximum Gasteiger partial charge on any atom is 0.344 e. The van der Waals surface area contributed by atoms with Gasteiger partial charge in [-0.2, -0.15) is 0 Å². The van der Waals surface area contributed by atoms with Crippen molar-refractivity contribution in [3.05, 3.63) is 114 Å². The number of carbonyl (C=O) groups excluding carboxylic acids is 2. The number of amides is 1. The van der Waals surface area contributed by atoms with Crippen molar-refractivity contribution in [2.45, 2.75) is 19.9 Å². The molecule has 1 aliphatic rings. The highest BCUT2D eigenvalue weighted by Crippen LogP contribution is 2.33. The number of rotatable bonds is 8. The van der Waals surface area contributed by atoms with Crippen molar-refractivity contribution in [1.29, 1.82) is 0 Å². The van der Waals surface area contributed by atoms with E-state index in [-0.39, 0.29) is 24.7 Å². The average Bonchev–Trinajstić information content (AvgIpc) is 3.57. The number of benzene rings is 2. The molecule has 0 saturated carbocycles. The van der Waals surface area contributed by atoms with Gasteiger partial charge in [0.1, 0.15) is 11.8 Å². The summed E-state index contributed by atoms with van der Waals surface area (Å²) >= 11 is 2.72. The van der Waals surface area contributed by atoms with Crippen LogP contribution >= 0.6 is 22.7 Å². The first-order valence-corrected chi connectivity index (χ1v) is 14.0. The van der Waals surface area contributed by atoms with E-state index in [0.29, 0.717) is 37.6 Å². The second kappa shape index (κ2) is 11.6. The molecule has 4 aromatic rings. The standard InChI is InChI=1S/C29H25N3O5S2/c1-3-36-24(33)17-37-21-13-8-7-10-19(21)16-23-28(35)32-26(22-14-9-15-38-22)25(18(2)30-29(32)39-23)27(34)31-20-11-5-4-6-12-20/h4-16,26H,3,17H2,1-2H3,(H,31,34)/b23-16-/t26-/m1/s1. The molecule has 0 bridgehead atoms. The van der Waals surface area contributed by atoms with Crippen molar-refractivity contribution in [2.24, 2.45) is 4.99 Å². The third-order valence-electron chi connectivity index (χ3n) is 5.97. The number of carbonyl (C=O) groups is 2. The number of hydrogen-bond acceptors (Lipinski definition) is 8. The zero-order valence-electron chi connectivity index (χ0n) is 21.2. The molecule has 2 aromatic heterocycles. The molecular weight excluding hydrogens is 534 g/mol. The van der Waals surface area contributed by atoms with Gasteiger partial charge < -0.3 is 14.8 Å². The van der Waals surface area contributed by atoms with Crippen molar-refractivity contribution in [3.63, 3.8) is 0 Å². The van der Waals surface area contributed by atoms with Crippen LogP contribution in [-0.2, 0) is 14.3 Å². The molecule has 0 saturated heterocycles. The number of ether oxygens (including phenoxy) is 2. The molecule has 1 aliphatic heterocycles. The zero-order chi connectivity index (χ0) is 27.4. The highest BCUT2D eigenvalue weighted by atomic mass is 32.1. The Labute approximate surface area is 232 Å². The largest absolute Gasteiger partial charge is 0.481 e. The van der Waals surface area contributed by atoms with Crippen LogP contribution in [0.4, 0.5) is 5.69 Å². The number of esters is 1. The number of allylic oxidation sites excluding steroid dienone is 1. The Hall–Kier alpha value is -4.28. The summed E-state index contributed by atoms with van der Waals surface area (Å²) in [5.74, 6) is -0.336. The Kier molecular flexibility index (Phi) is 7.85. The second-order valence-corrected chi connectivity index (χ2v) is 10.5. The molecule has 39 heavy (non-hydrogen) atoms. The summed E-state index contributed by atoms with van der Waals surface area (Å²) in [6.45, 7) is 3.54. The highest BCUT2D eigenvalue weighted by molar-refractivity contribution is 7.10. The third kappa shape index (κ3) is 5.62. The third-order valence-corrected chi connectivity index (χ3v) is 7.87. The number of thiophene rings is 1. The van der Waals surface area contributed by atoms with Gasteiger partial charge in [-0.25, -0.2) is 9.79 Å². The molecule has 10 heteroatoms. The van der Waals surface area contributed by atoms with E-state index in [1.54, 1.807) is 42.7 Å². The average molecular weight is 560 g/mol. The lowest BCUT2D eigenvalue weighted by atomic mass is 10.0. The molecule has 198 valence electrons. The Balaban J connectivity index is 1.57. The van der Waals surface area contributed by atoms with Crippen molar-refractivity contribution in [2.75, 3.05) is 18.5 Å². The summed E-state index contributed by atoms with van der Waals surface area (Å²) in [5.41, 5.74) is 1.99. The van der Waals surface area contributed by atoms with E-state index in [9.17, 15) is 14.4 Å². The number of nitrogens with one attached hydrogen (secondary N) is 1. The van der Waals surface area contributed by atoms with E-state index >= 15 is 0 Å². The number of para-hydroxylation sites is 2. The molecular formula is C29H25N3O5S2. The van der Waals surface area contributed by atoms with Crippen LogP contribution in [0, 0.1) is 0 Å². The van der Waals surface area contributed by atoms with Crippen LogP contribution < -0.4 is 24.9 Å². The summed E-state index contributed by atoms with van der Waals surface area (Å²) < 4.78 is 12.6. The Morgan fingerprint density at radius 1 is 1.08 bits per heavy atom. The monoisotopic (exact) mass is 559 g/mol. The van der Waals surface area contributed by atoms with Crippen LogP contribution in [0.5, 0.6) is 5.75 Å². The maximum atomic E-state index is 13.8. The molecule has 8 nitrogen and oxygen atoms in total. The van der Waals surface area contributed by atoms with Gasteiger partial charge in [0, 0.05) is 16.1 Å². The van der Waals surface area contributed by atoms with E-state index in [1.165, 1.54) is 22.7 Å². The van der Waals surface area contributed by atoms with Crippen LogP contribution in [0.25, 0.3) is 6.08 Å². The minimum atomic E-state index is -0.623. The number of thiazole rings is 1. The minimum Gasteiger partial charge on any atom is -0.481 e. The first-order valence-electron chi connectivity index (χ1n) is 12.3. The summed E-state index contributed by atoms with van der Waals surface area (Å²) in [5, 5.41) is 4.87. The fraction of sp³-hybridized carbons (Fsp3) is 0.172. The van der Waals surface area contributed by atoms with Gasteiger partial charge in [-0.15, -0.1) is 11.3 Å². The summed E-state index contributed by atoms with van der Waals surface area (Å²) in [6, 6.07) is 19.5. The molecule has 0 aliphatic carbocycles. The molecule has 1 amide bonds. The molecule has 1 atom stereocenters. The molecule has 0 unspecified atom stereocenters. The second-order valence-electron chi connectivity index (χ2n) is 8.55. The smallest absolute Gasteiger partial charge is 0.344 e. The summed E-state index contributed by atoms with van der Waals surface area (Å²) in [4.78, 5) is 45.2. The fourth-order valence-electron chi connectivity index (χ4n) is 4.26. The molecule has 0 fully saturated rings. The van der Waals surface area contributed by atoms with Gasteiger partial charge in [0.2, 0.25) is 0 Å². The van der Waals surface area contributed by atoms with Gasteiger partial charge in [0.05, 0.1) is 22.4 Å². The van der Waals surface area contributed by atoms with Crippen LogP contribution in [0.1, 0.15) is 30.3 Å². The number of nitrogens with zero attached hydrogens (tertiary/aromatic N) is 2. The van der Waals surface area contributed by atoms with E-state index in [1.807, 2.05) is 53.9 Å². The lowest BCUT2D eigenvalue weighted by molar-refractivity contribution is -0.145. The summed E-state index contributed by atoms with van der Waals surface area (Å²) in [6.07, 6.45) is 1.72. The van der Waals surface area contributed by atoms with E-state index in [4.69, 9.17) is 9.47 Å². The van der Waals surface area contributed by atoms with E-state index in [2.05, 4.69) is 10.3 Å². The normalized spacial score (nSPS) is 14.9. The van der Waals surface area contributed by atoms with Crippen LogP contribution in [0.2, 0.25) is 0 Å². The lowest BCUT2D eigenvalue weighted by Crippen LogP contribution is -2.40. The van der Waals surface area contributed by atoms with Gasteiger partial charge in [-0.1, -0.05) is 53.8 Å². The Morgan fingerprint density at radius 3 is 2.59 bits per heavy atom. The number of fused-ring (bicyclic) bond motifs is 1. The van der Waals surface area contributed by atoms with Crippen LogP contribution in [0.15, 0.2) is 93.2 Å². The van der Waals surface area contributed by atoms with Crippen molar-refractivity contribution < 1.29 is 19.1 Å². The van der Waals surface area contributed by atoms with Crippen LogP contribution in [0.3, 0.4) is 0 Å². The molecule has 3 heterocycles.